The standard InChI is InChI=1S/C20H24N8O4/c1-4-32-17-15(16(29)24-13-7-21-18-23-12(2)9-28(18)10-13)8-22-19(25-17)27-6-5-14(11-27)26(3)20(30)31/h7-10,14H,4-6,11H2,1-3H3,(H,24,29)(H,30,31). The van der Waals surface area contributed by atoms with Crippen LogP contribution in [0.4, 0.5) is 16.4 Å². The van der Waals surface area contributed by atoms with Crippen LogP contribution in [0.1, 0.15) is 29.4 Å². The van der Waals surface area contributed by atoms with Gasteiger partial charge in [0.2, 0.25) is 17.6 Å². The zero-order valence-electron chi connectivity index (χ0n) is 18.0. The lowest BCUT2D eigenvalue weighted by atomic mass is 10.2. The number of amides is 2. The summed E-state index contributed by atoms with van der Waals surface area (Å²) in [4.78, 5) is 44.5. The SMILES string of the molecule is CCOc1nc(N2CCC(N(C)C(=O)O)C2)ncc1C(=O)Nc1cnc2nc(C)cn2c1. The summed E-state index contributed by atoms with van der Waals surface area (Å²) < 4.78 is 7.34. The van der Waals surface area contributed by atoms with Crippen LogP contribution in [-0.2, 0) is 0 Å². The van der Waals surface area contributed by atoms with E-state index in [0.29, 0.717) is 43.5 Å². The number of nitrogens with one attached hydrogen (secondary N) is 1. The van der Waals surface area contributed by atoms with Crippen molar-refractivity contribution in [3.63, 3.8) is 0 Å². The molecule has 0 bridgehead atoms. The number of nitrogens with zero attached hydrogens (tertiary/aromatic N) is 7. The molecule has 1 atom stereocenters. The molecule has 12 nitrogen and oxygen atoms in total. The molecule has 4 rings (SSSR count). The summed E-state index contributed by atoms with van der Waals surface area (Å²) in [6.45, 7) is 5.06. The Balaban J connectivity index is 1.53. The second kappa shape index (κ2) is 8.65. The molecule has 1 aliphatic rings. The smallest absolute Gasteiger partial charge is 0.407 e. The van der Waals surface area contributed by atoms with E-state index in [1.807, 2.05) is 18.0 Å². The zero-order chi connectivity index (χ0) is 22.8. The molecule has 0 spiro atoms. The first-order chi connectivity index (χ1) is 15.4. The van der Waals surface area contributed by atoms with E-state index in [0.717, 1.165) is 5.69 Å². The van der Waals surface area contributed by atoms with Gasteiger partial charge in [0.1, 0.15) is 5.56 Å². The van der Waals surface area contributed by atoms with Crippen molar-refractivity contribution in [1.29, 1.82) is 0 Å². The van der Waals surface area contributed by atoms with Crippen LogP contribution < -0.4 is 15.0 Å². The summed E-state index contributed by atoms with van der Waals surface area (Å²) in [5.74, 6) is 0.671. The number of hydrogen-bond donors (Lipinski definition) is 2. The van der Waals surface area contributed by atoms with E-state index in [4.69, 9.17) is 4.74 Å². The maximum Gasteiger partial charge on any atom is 0.407 e. The third-order valence-electron chi connectivity index (χ3n) is 5.25. The number of carbonyl (C=O) groups is 2. The lowest BCUT2D eigenvalue weighted by Crippen LogP contribution is -2.38. The van der Waals surface area contributed by atoms with E-state index in [1.54, 1.807) is 24.6 Å². The third-order valence-corrected chi connectivity index (χ3v) is 5.25. The van der Waals surface area contributed by atoms with Gasteiger partial charge in [0, 0.05) is 38.7 Å². The second-order valence-electron chi connectivity index (χ2n) is 7.49. The number of aryl methyl sites for hydroxylation is 1. The first kappa shape index (κ1) is 21.3. The molecular formula is C20H24N8O4. The van der Waals surface area contributed by atoms with Gasteiger partial charge in [-0.3, -0.25) is 9.20 Å². The Morgan fingerprint density at radius 3 is 2.84 bits per heavy atom. The lowest BCUT2D eigenvalue weighted by Gasteiger charge is -2.22. The number of imidazole rings is 1. The fraction of sp³-hybridized carbons (Fsp3) is 0.400. The van der Waals surface area contributed by atoms with Gasteiger partial charge in [-0.15, -0.1) is 0 Å². The van der Waals surface area contributed by atoms with Gasteiger partial charge < -0.3 is 25.0 Å². The molecule has 1 aliphatic heterocycles. The minimum Gasteiger partial charge on any atom is -0.477 e. The zero-order valence-corrected chi connectivity index (χ0v) is 18.0. The van der Waals surface area contributed by atoms with Crippen LogP contribution in [0.5, 0.6) is 5.88 Å². The van der Waals surface area contributed by atoms with Crippen molar-refractivity contribution in [3.05, 3.63) is 36.0 Å². The molecule has 2 amide bonds. The van der Waals surface area contributed by atoms with Gasteiger partial charge in [-0.2, -0.15) is 4.98 Å². The monoisotopic (exact) mass is 440 g/mol. The highest BCUT2D eigenvalue weighted by atomic mass is 16.5. The van der Waals surface area contributed by atoms with Gasteiger partial charge in [-0.1, -0.05) is 0 Å². The molecule has 3 aromatic rings. The van der Waals surface area contributed by atoms with Crippen LogP contribution >= 0.6 is 0 Å². The van der Waals surface area contributed by atoms with Crippen molar-refractivity contribution in [2.24, 2.45) is 0 Å². The number of carboxylic acid groups (broad SMARTS) is 1. The fourth-order valence-corrected chi connectivity index (χ4v) is 3.58. The van der Waals surface area contributed by atoms with Crippen molar-refractivity contribution >= 4 is 29.4 Å². The predicted molar refractivity (Wildman–Crippen MR) is 115 cm³/mol. The van der Waals surface area contributed by atoms with E-state index in [9.17, 15) is 14.7 Å². The minimum absolute atomic E-state index is 0.149. The number of carbonyl (C=O) groups excluding carboxylic acids is 1. The third kappa shape index (κ3) is 4.24. The summed E-state index contributed by atoms with van der Waals surface area (Å²) >= 11 is 0. The van der Waals surface area contributed by atoms with Crippen LogP contribution in [0, 0.1) is 6.92 Å². The summed E-state index contributed by atoms with van der Waals surface area (Å²) in [5.41, 5.74) is 1.50. The maximum absolute atomic E-state index is 12.9. The quantitative estimate of drug-likeness (QED) is 0.586. The van der Waals surface area contributed by atoms with Crippen LogP contribution in [0.15, 0.2) is 24.8 Å². The second-order valence-corrected chi connectivity index (χ2v) is 7.49. The lowest BCUT2D eigenvalue weighted by molar-refractivity contribution is 0.102. The highest BCUT2D eigenvalue weighted by Gasteiger charge is 2.30. The van der Waals surface area contributed by atoms with Gasteiger partial charge in [0.15, 0.2) is 0 Å². The maximum atomic E-state index is 12.9. The number of ether oxygens (including phenoxy) is 1. The Morgan fingerprint density at radius 1 is 1.28 bits per heavy atom. The van der Waals surface area contributed by atoms with Crippen LogP contribution in [0.25, 0.3) is 5.78 Å². The predicted octanol–water partition coefficient (Wildman–Crippen LogP) is 1.67. The Labute approximate surface area is 183 Å². The van der Waals surface area contributed by atoms with E-state index in [1.165, 1.54) is 17.3 Å². The molecular weight excluding hydrogens is 416 g/mol. The number of hydrogen-bond acceptors (Lipinski definition) is 8. The number of fused-ring (bicyclic) bond motifs is 1. The molecule has 3 aromatic heterocycles. The molecule has 0 radical (unpaired) electrons. The average molecular weight is 440 g/mol. The van der Waals surface area contributed by atoms with Gasteiger partial charge in [0.25, 0.3) is 5.91 Å². The number of aromatic nitrogens is 5. The van der Waals surface area contributed by atoms with Crippen molar-refractivity contribution < 1.29 is 19.4 Å². The largest absolute Gasteiger partial charge is 0.477 e. The normalized spacial score (nSPS) is 15.7. The van der Waals surface area contributed by atoms with Crippen LogP contribution in [0.3, 0.4) is 0 Å². The van der Waals surface area contributed by atoms with Gasteiger partial charge in [-0.05, 0) is 20.3 Å². The average Bonchev–Trinajstić information content (AvgIpc) is 3.39. The molecule has 0 aromatic carbocycles. The molecule has 32 heavy (non-hydrogen) atoms. The molecule has 4 heterocycles. The topological polar surface area (TPSA) is 138 Å². The molecule has 2 N–H and O–H groups in total. The summed E-state index contributed by atoms with van der Waals surface area (Å²) in [6, 6.07) is -0.149. The molecule has 1 unspecified atom stereocenters. The summed E-state index contributed by atoms with van der Waals surface area (Å²) in [6.07, 6.45) is 6.18. The van der Waals surface area contributed by atoms with Crippen LogP contribution in [0.2, 0.25) is 0 Å². The van der Waals surface area contributed by atoms with Gasteiger partial charge in [0.05, 0.1) is 30.2 Å². The summed E-state index contributed by atoms with van der Waals surface area (Å²) in [5, 5.41) is 12.0. The molecule has 12 heteroatoms. The molecule has 168 valence electrons. The van der Waals surface area contributed by atoms with Crippen molar-refractivity contribution in [2.75, 3.05) is 37.0 Å². The van der Waals surface area contributed by atoms with E-state index >= 15 is 0 Å². The highest BCUT2D eigenvalue weighted by Crippen LogP contribution is 2.24. The van der Waals surface area contributed by atoms with Crippen molar-refractivity contribution in [1.82, 2.24) is 29.2 Å². The molecule has 1 saturated heterocycles. The van der Waals surface area contributed by atoms with Crippen LogP contribution in [-0.4, -0.2) is 79.1 Å². The van der Waals surface area contributed by atoms with E-state index < -0.39 is 12.0 Å². The Bertz CT molecular complexity index is 1160. The molecule has 0 saturated carbocycles. The van der Waals surface area contributed by atoms with E-state index in [-0.39, 0.29) is 17.5 Å². The Hall–Kier alpha value is -3.96. The Kier molecular flexibility index (Phi) is 5.75. The van der Waals surface area contributed by atoms with Crippen molar-refractivity contribution in [3.8, 4) is 5.88 Å². The number of rotatable bonds is 6. The number of likely N-dealkylation sites (N-methyl/N-ethyl adjacent to an activating group) is 1. The first-order valence-corrected chi connectivity index (χ1v) is 10.2. The van der Waals surface area contributed by atoms with Gasteiger partial charge >= 0.3 is 6.09 Å². The van der Waals surface area contributed by atoms with Crippen molar-refractivity contribution in [2.45, 2.75) is 26.3 Å². The first-order valence-electron chi connectivity index (χ1n) is 10.2. The molecule has 1 fully saturated rings. The minimum atomic E-state index is -0.974. The number of anilines is 2. The van der Waals surface area contributed by atoms with E-state index in [2.05, 4.69) is 25.3 Å². The Morgan fingerprint density at radius 2 is 2.09 bits per heavy atom. The van der Waals surface area contributed by atoms with Gasteiger partial charge in [-0.25, -0.2) is 19.7 Å². The highest BCUT2D eigenvalue weighted by molar-refractivity contribution is 6.05. The fourth-order valence-electron chi connectivity index (χ4n) is 3.58. The summed E-state index contributed by atoms with van der Waals surface area (Å²) in [7, 11) is 1.55. The molecule has 0 aliphatic carbocycles.